The second kappa shape index (κ2) is 22.4. The summed E-state index contributed by atoms with van der Waals surface area (Å²) in [5.74, 6) is -18.2. The average molecular weight is 1320 g/mol. The number of pyridine rings is 1. The van der Waals surface area contributed by atoms with E-state index >= 15 is 8.78 Å². The Hall–Kier alpha value is -7.19. The zero-order valence-corrected chi connectivity index (χ0v) is 49.1. The van der Waals surface area contributed by atoms with Crippen molar-refractivity contribution >= 4 is 79.8 Å². The molecule has 5 N–H and O–H groups in total. The summed E-state index contributed by atoms with van der Waals surface area (Å²) in [6, 6.07) is 5.53. The van der Waals surface area contributed by atoms with Gasteiger partial charge >= 0.3 is 32.1 Å². The number of amides is 2. The van der Waals surface area contributed by atoms with Crippen LogP contribution in [0.2, 0.25) is 5.02 Å². The lowest BCUT2D eigenvalue weighted by molar-refractivity contribution is -0.143. The molecule has 1 unspecified atom stereocenters. The zero-order chi connectivity index (χ0) is 65.0. The highest BCUT2D eigenvalue weighted by molar-refractivity contribution is 7.93. The molecule has 2 aliphatic rings. The van der Waals surface area contributed by atoms with Crippen molar-refractivity contribution in [3.05, 3.63) is 122 Å². The number of carboxylic acids is 2. The van der Waals surface area contributed by atoms with E-state index in [2.05, 4.69) is 25.0 Å². The number of alkyl halides is 8. The van der Waals surface area contributed by atoms with Crippen LogP contribution in [0.25, 0.3) is 22.0 Å². The normalized spacial score (nSPS) is 16.5. The molecular formula is C52H49ClF10N7O14PS2. The van der Waals surface area contributed by atoms with Crippen molar-refractivity contribution in [2.24, 2.45) is 5.92 Å². The summed E-state index contributed by atoms with van der Waals surface area (Å²) in [4.78, 5) is 78.0. The number of sulfonamides is 1. The summed E-state index contributed by atoms with van der Waals surface area (Å²) in [5, 5.41) is 28.2. The van der Waals surface area contributed by atoms with Gasteiger partial charge in [0.2, 0.25) is 21.8 Å². The summed E-state index contributed by atoms with van der Waals surface area (Å²) in [6.45, 7) is 1.26. The van der Waals surface area contributed by atoms with E-state index < -0.39 is 208 Å². The van der Waals surface area contributed by atoms with Gasteiger partial charge < -0.3 is 20.1 Å². The Morgan fingerprint density at radius 2 is 1.51 bits per heavy atom. The van der Waals surface area contributed by atoms with Crippen molar-refractivity contribution in [1.82, 2.24) is 29.9 Å². The number of nitrogens with zero attached hydrogens (tertiary/aromatic N) is 6. The maximum atomic E-state index is 15.7. The minimum atomic E-state index is -5.71. The van der Waals surface area contributed by atoms with Crippen LogP contribution in [0.15, 0.2) is 54.6 Å². The highest BCUT2D eigenvalue weighted by Crippen LogP contribution is 2.68. The van der Waals surface area contributed by atoms with Gasteiger partial charge in [-0.3, -0.25) is 33.7 Å². The number of carbonyl (C=O) groups excluding carboxylic acids is 2. The molecule has 2 aliphatic carbocycles. The standard InChI is InChI=1S/C52H49ClF10N7O14PS2/c1-48(2,40-31(47(75)76)16-24(46(73)74)17-35(40)84-85(77,78)79)20-37(72)70(87(6,82)83)45-39-33(53)10-9-29(42(39)69(67-45)22-50(56,57)58)28-8-7-27(11-12-49(3,4)86(5,80)81)64-41(28)34(15-23-13-25(54)18-26(55)14-23)65-36(71)21-68-44-38(43(66-68)52(61,62)63)30-19-32(30)51(44,59)60/h7-10,13-14,16-18,30,32,34H,11-12,15,19-22H2,1-6H3,(H,65,71)(H,73,74)(H,75,76)(H2,77,78,79)/t30?,32-,34+/m1/s1. The van der Waals surface area contributed by atoms with Crippen molar-refractivity contribution in [2.45, 2.75) is 113 Å². The summed E-state index contributed by atoms with van der Waals surface area (Å²) in [6.07, 6.45) is -12.1. The van der Waals surface area contributed by atoms with Gasteiger partial charge in [0.25, 0.3) is 5.92 Å². The molecule has 35 heteroatoms. The number of nitrogens with one attached hydrogen (secondary N) is 1. The predicted molar refractivity (Wildman–Crippen MR) is 287 cm³/mol. The molecular weight excluding hydrogens is 1270 g/mol. The van der Waals surface area contributed by atoms with E-state index in [1.807, 2.05) is 0 Å². The molecule has 3 atom stereocenters. The number of carboxylic acid groups (broad SMARTS) is 2. The summed E-state index contributed by atoms with van der Waals surface area (Å²) in [7, 11) is -14.7. The Bertz CT molecular complexity index is 4130. The SMILES string of the molecule is CC(C)(CC(=O)N(c1nn(CC(F)(F)F)c2c(-c3ccc(CCC(C)(C)S(C)(=O)=O)nc3[C@H](Cc3cc(F)cc(F)c3)NC(=O)Cn3nc(C(F)(F)F)c4c3C(F)(F)[C@@H]3CC43)ccc(Cl)c12)S(C)(=O)=O)c1c(OP(=O)(O)O)cc(C(=O)O)cc1C(=O)O. The molecule has 21 nitrogen and oxygen atoms in total. The molecule has 3 aromatic heterocycles. The van der Waals surface area contributed by atoms with Gasteiger partial charge in [0.15, 0.2) is 21.3 Å². The quantitative estimate of drug-likeness (QED) is 0.0331. The third-order valence-corrected chi connectivity index (χ3v) is 18.8. The van der Waals surface area contributed by atoms with E-state index in [-0.39, 0.29) is 49.8 Å². The molecule has 6 aromatic rings. The van der Waals surface area contributed by atoms with Crippen LogP contribution in [0.3, 0.4) is 0 Å². The minimum Gasteiger partial charge on any atom is -0.478 e. The highest BCUT2D eigenvalue weighted by Gasteiger charge is 2.68. The Kier molecular flexibility index (Phi) is 17.0. The number of phosphoric ester groups is 1. The number of hydrogen-bond acceptors (Lipinski definition) is 13. The largest absolute Gasteiger partial charge is 0.524 e. The topological polar surface area (TPSA) is 308 Å². The maximum absolute atomic E-state index is 15.7. The van der Waals surface area contributed by atoms with Gasteiger partial charge in [0.1, 0.15) is 36.2 Å². The Labute approximate surface area is 491 Å². The van der Waals surface area contributed by atoms with Crippen molar-refractivity contribution in [3.8, 4) is 16.9 Å². The molecule has 1 fully saturated rings. The number of benzene rings is 3. The summed E-state index contributed by atoms with van der Waals surface area (Å²) >= 11 is 6.75. The van der Waals surface area contributed by atoms with Gasteiger partial charge in [-0.25, -0.2) is 39.8 Å². The van der Waals surface area contributed by atoms with Crippen LogP contribution >= 0.6 is 19.4 Å². The van der Waals surface area contributed by atoms with Crippen LogP contribution in [-0.4, -0.2) is 109 Å². The van der Waals surface area contributed by atoms with Crippen molar-refractivity contribution in [3.63, 3.8) is 0 Å². The van der Waals surface area contributed by atoms with E-state index in [0.29, 0.717) is 24.5 Å². The maximum Gasteiger partial charge on any atom is 0.524 e. The lowest BCUT2D eigenvalue weighted by Gasteiger charge is -2.30. The molecule has 0 radical (unpaired) electrons. The number of hydrogen-bond donors (Lipinski definition) is 5. The van der Waals surface area contributed by atoms with Gasteiger partial charge in [-0.1, -0.05) is 37.6 Å². The van der Waals surface area contributed by atoms with E-state index in [1.54, 1.807) is 0 Å². The number of halogens is 11. The Balaban J connectivity index is 1.35. The third-order valence-electron chi connectivity index (χ3n) is 14.8. The number of rotatable bonds is 21. The minimum absolute atomic E-state index is 0.0436. The van der Waals surface area contributed by atoms with Gasteiger partial charge in [-0.2, -0.15) is 49.6 Å². The molecule has 0 saturated heterocycles. The van der Waals surface area contributed by atoms with Crippen LogP contribution in [0.4, 0.5) is 49.7 Å². The van der Waals surface area contributed by atoms with Crippen LogP contribution in [0, 0.1) is 17.6 Å². The molecule has 1 saturated carbocycles. The van der Waals surface area contributed by atoms with E-state index in [0.717, 1.165) is 50.4 Å². The molecule has 3 aromatic carbocycles. The number of fused-ring (bicyclic) bond motifs is 4. The second-order valence-electron chi connectivity index (χ2n) is 22.2. The number of anilines is 1. The van der Waals surface area contributed by atoms with E-state index in [4.69, 9.17) is 11.6 Å². The third kappa shape index (κ3) is 13.6. The number of aromatic carboxylic acids is 2. The fourth-order valence-electron chi connectivity index (χ4n) is 10.6. The summed E-state index contributed by atoms with van der Waals surface area (Å²) in [5.41, 5.74) is -11.1. The van der Waals surface area contributed by atoms with Crippen LogP contribution in [0.1, 0.15) is 119 Å². The number of phosphoric acid groups is 1. The second-order valence-corrected chi connectivity index (χ2v) is 28.2. The number of aromatic nitrogens is 5. The first-order chi connectivity index (χ1) is 39.7. The van der Waals surface area contributed by atoms with Crippen molar-refractivity contribution in [2.75, 3.05) is 16.8 Å². The Morgan fingerprint density at radius 1 is 0.885 bits per heavy atom. The van der Waals surface area contributed by atoms with Crippen molar-refractivity contribution in [1.29, 1.82) is 0 Å². The predicted octanol–water partition coefficient (Wildman–Crippen LogP) is 9.40. The molecule has 87 heavy (non-hydrogen) atoms. The highest BCUT2D eigenvalue weighted by atomic mass is 35.5. The zero-order valence-electron chi connectivity index (χ0n) is 45.9. The number of carbonyl (C=O) groups is 4. The fraction of sp³-hybridized carbons (Fsp3) is 0.404. The number of aryl methyl sites for hydroxylation is 1. The van der Waals surface area contributed by atoms with Crippen LogP contribution in [-0.2, 0) is 77.5 Å². The molecule has 2 amide bonds. The molecule has 0 bridgehead atoms. The molecule has 470 valence electrons. The van der Waals surface area contributed by atoms with E-state index in [1.165, 1.54) is 19.9 Å². The molecule has 0 spiro atoms. The lowest BCUT2D eigenvalue weighted by atomic mass is 9.77. The van der Waals surface area contributed by atoms with Gasteiger partial charge in [-0.15, -0.1) is 0 Å². The molecule has 8 rings (SSSR count). The smallest absolute Gasteiger partial charge is 0.478 e. The monoisotopic (exact) mass is 1320 g/mol. The first-order valence-corrected chi connectivity index (χ1v) is 31.0. The van der Waals surface area contributed by atoms with Crippen molar-refractivity contribution < 1.29 is 109 Å². The van der Waals surface area contributed by atoms with E-state index in [9.17, 15) is 95.7 Å². The van der Waals surface area contributed by atoms with Crippen LogP contribution < -0.4 is 14.1 Å². The van der Waals surface area contributed by atoms with Crippen LogP contribution in [0.5, 0.6) is 5.75 Å². The fourth-order valence-corrected chi connectivity index (χ4v) is 12.6. The lowest BCUT2D eigenvalue weighted by Crippen LogP contribution is -2.40. The molecule has 0 aliphatic heterocycles. The van der Waals surface area contributed by atoms with Gasteiger partial charge in [-0.05, 0) is 87.4 Å². The molecule has 3 heterocycles. The summed E-state index contributed by atoms with van der Waals surface area (Å²) < 4.78 is 218. The Morgan fingerprint density at radius 3 is 2.06 bits per heavy atom. The average Bonchev–Trinajstić information content (AvgIpc) is 1.56. The number of sulfone groups is 1. The van der Waals surface area contributed by atoms with Gasteiger partial charge in [0.05, 0.1) is 49.8 Å². The van der Waals surface area contributed by atoms with Gasteiger partial charge in [0, 0.05) is 58.0 Å². The first-order valence-electron chi connectivity index (χ1n) is 25.4. The first kappa shape index (κ1) is 65.8.